The first-order valence-electron chi connectivity index (χ1n) is 13.1. The maximum atomic E-state index is 13.5. The van der Waals surface area contributed by atoms with E-state index in [0.29, 0.717) is 48.0 Å². The largest absolute Gasteiger partial charge is 0.462 e. The summed E-state index contributed by atoms with van der Waals surface area (Å²) in [6, 6.07) is 11.5. The van der Waals surface area contributed by atoms with Gasteiger partial charge >= 0.3 is 18.0 Å². The van der Waals surface area contributed by atoms with Crippen LogP contribution < -0.4 is 16.0 Å². The Morgan fingerprint density at radius 2 is 1.59 bits per heavy atom. The summed E-state index contributed by atoms with van der Waals surface area (Å²) in [6.45, 7) is 8.82. The second-order valence-corrected chi connectivity index (χ2v) is 9.96. The molecule has 1 fully saturated rings. The van der Waals surface area contributed by atoms with Crippen LogP contribution in [0.15, 0.2) is 48.5 Å². The van der Waals surface area contributed by atoms with Gasteiger partial charge in [-0.05, 0) is 68.3 Å². The van der Waals surface area contributed by atoms with E-state index in [1.165, 1.54) is 0 Å². The molecule has 2 aromatic rings. The minimum Gasteiger partial charge on any atom is -0.462 e. The number of hydrogen-bond donors (Lipinski definition) is 3. The molecule has 3 N–H and O–H groups in total. The van der Waals surface area contributed by atoms with Crippen molar-refractivity contribution in [2.45, 2.75) is 46.2 Å². The third-order valence-electron chi connectivity index (χ3n) is 6.72. The summed E-state index contributed by atoms with van der Waals surface area (Å²) < 4.78 is 4.97. The lowest BCUT2D eigenvalue weighted by molar-refractivity contribution is -0.136. The lowest BCUT2D eigenvalue weighted by atomic mass is 9.97. The van der Waals surface area contributed by atoms with Crippen LogP contribution in [-0.4, -0.2) is 72.1 Å². The number of ether oxygens (including phenoxy) is 1. The Hall–Kier alpha value is -3.79. The number of rotatable bonds is 8. The van der Waals surface area contributed by atoms with Crippen molar-refractivity contribution in [3.63, 3.8) is 0 Å². The Morgan fingerprint density at radius 3 is 2.18 bits per heavy atom. The van der Waals surface area contributed by atoms with Crippen LogP contribution in [0.5, 0.6) is 0 Å². The number of urea groups is 2. The van der Waals surface area contributed by atoms with E-state index in [2.05, 4.69) is 16.0 Å². The molecule has 0 aliphatic carbocycles. The maximum absolute atomic E-state index is 13.5. The van der Waals surface area contributed by atoms with E-state index in [0.717, 1.165) is 0 Å². The molecule has 2 aromatic carbocycles. The molecule has 5 amide bonds. The van der Waals surface area contributed by atoms with Gasteiger partial charge in [-0.3, -0.25) is 4.79 Å². The number of halogens is 1. The van der Waals surface area contributed by atoms with Crippen LogP contribution in [0, 0.1) is 5.92 Å². The number of carbonyl (C=O) groups is 4. The van der Waals surface area contributed by atoms with Crippen LogP contribution in [0.2, 0.25) is 5.02 Å². The molecule has 1 heterocycles. The molecule has 1 aliphatic heterocycles. The van der Waals surface area contributed by atoms with Gasteiger partial charge in [0, 0.05) is 42.1 Å². The van der Waals surface area contributed by atoms with Crippen molar-refractivity contribution in [3.8, 4) is 0 Å². The third-order valence-corrected chi connectivity index (χ3v) is 6.97. The summed E-state index contributed by atoms with van der Waals surface area (Å²) in [5.74, 6) is -0.745. The standard InChI is InChI=1S/C28H36ClN5O5/c1-5-18(3)24(32-27(37)30-22-11-7-20(8-12-22)26(36)39-6-2)25(35)33-15-16-34(19(4)17-33)28(38)31-23-13-9-21(29)10-14-23/h7-14,18-19,24H,5-6,15-17H2,1-4H3,(H,31,38)(H2,30,32,37). The first-order chi connectivity index (χ1) is 18.6. The predicted molar refractivity (Wildman–Crippen MR) is 151 cm³/mol. The van der Waals surface area contributed by atoms with Gasteiger partial charge in [0.25, 0.3) is 0 Å². The van der Waals surface area contributed by atoms with Crippen molar-refractivity contribution >= 4 is 46.9 Å². The number of anilines is 2. The molecule has 0 aromatic heterocycles. The van der Waals surface area contributed by atoms with Gasteiger partial charge in [0.15, 0.2) is 0 Å². The molecule has 11 heteroatoms. The number of piperazine rings is 1. The summed E-state index contributed by atoms with van der Waals surface area (Å²) >= 11 is 5.92. The van der Waals surface area contributed by atoms with Crippen molar-refractivity contribution in [1.29, 1.82) is 0 Å². The Morgan fingerprint density at radius 1 is 0.974 bits per heavy atom. The zero-order chi connectivity index (χ0) is 28.5. The highest BCUT2D eigenvalue weighted by Crippen LogP contribution is 2.19. The highest BCUT2D eigenvalue weighted by atomic mass is 35.5. The molecular formula is C28H36ClN5O5. The lowest BCUT2D eigenvalue weighted by Crippen LogP contribution is -2.60. The third kappa shape index (κ3) is 8.10. The highest BCUT2D eigenvalue weighted by molar-refractivity contribution is 6.30. The molecule has 0 bridgehead atoms. The Kier molecular flexibility index (Phi) is 10.6. The average molecular weight is 558 g/mol. The van der Waals surface area contributed by atoms with Crippen LogP contribution in [0.1, 0.15) is 44.5 Å². The summed E-state index contributed by atoms with van der Waals surface area (Å²) in [5.41, 5.74) is 1.49. The summed E-state index contributed by atoms with van der Waals surface area (Å²) in [4.78, 5) is 54.4. The van der Waals surface area contributed by atoms with Crippen LogP contribution in [0.3, 0.4) is 0 Å². The fourth-order valence-corrected chi connectivity index (χ4v) is 4.41. The first-order valence-corrected chi connectivity index (χ1v) is 13.5. The van der Waals surface area contributed by atoms with Crippen molar-refractivity contribution < 1.29 is 23.9 Å². The van der Waals surface area contributed by atoms with Gasteiger partial charge in [-0.2, -0.15) is 0 Å². The van der Waals surface area contributed by atoms with Crippen molar-refractivity contribution in [2.75, 3.05) is 36.9 Å². The number of hydrogen-bond acceptors (Lipinski definition) is 5. The number of esters is 1. The van der Waals surface area contributed by atoms with E-state index in [-0.39, 0.29) is 30.5 Å². The van der Waals surface area contributed by atoms with Crippen LogP contribution in [-0.2, 0) is 9.53 Å². The van der Waals surface area contributed by atoms with Gasteiger partial charge in [0.1, 0.15) is 6.04 Å². The van der Waals surface area contributed by atoms with E-state index >= 15 is 0 Å². The fraction of sp³-hybridized carbons (Fsp3) is 0.429. The zero-order valence-corrected chi connectivity index (χ0v) is 23.5. The maximum Gasteiger partial charge on any atom is 0.338 e. The highest BCUT2D eigenvalue weighted by Gasteiger charge is 2.35. The molecule has 0 saturated carbocycles. The molecule has 3 rings (SSSR count). The predicted octanol–water partition coefficient (Wildman–Crippen LogP) is 4.82. The minimum absolute atomic E-state index is 0.115. The molecule has 3 unspecified atom stereocenters. The molecular weight excluding hydrogens is 522 g/mol. The number of nitrogens with zero attached hydrogens (tertiary/aromatic N) is 2. The normalized spacial score (nSPS) is 16.6. The quantitative estimate of drug-likeness (QED) is 0.402. The SMILES string of the molecule is CCOC(=O)c1ccc(NC(=O)NC(C(=O)N2CCN(C(=O)Nc3ccc(Cl)cc3)C(C)C2)C(C)CC)cc1. The first kappa shape index (κ1) is 29.8. The van der Waals surface area contributed by atoms with Crippen molar-refractivity contribution in [3.05, 3.63) is 59.1 Å². The number of carbonyl (C=O) groups excluding carboxylic acids is 4. The van der Waals surface area contributed by atoms with Crippen molar-refractivity contribution in [1.82, 2.24) is 15.1 Å². The van der Waals surface area contributed by atoms with E-state index in [1.54, 1.807) is 65.3 Å². The van der Waals surface area contributed by atoms with Gasteiger partial charge in [-0.1, -0.05) is 31.9 Å². The second kappa shape index (κ2) is 13.8. The monoisotopic (exact) mass is 557 g/mol. The minimum atomic E-state index is -0.740. The van der Waals surface area contributed by atoms with Gasteiger partial charge < -0.3 is 30.5 Å². The molecule has 0 spiro atoms. The van der Waals surface area contributed by atoms with Gasteiger partial charge in [0.05, 0.1) is 12.2 Å². The van der Waals surface area contributed by atoms with E-state index in [1.807, 2.05) is 20.8 Å². The number of benzene rings is 2. The molecule has 0 radical (unpaired) electrons. The Balaban J connectivity index is 1.59. The smallest absolute Gasteiger partial charge is 0.338 e. The molecule has 1 saturated heterocycles. The van der Waals surface area contributed by atoms with Gasteiger partial charge in [-0.15, -0.1) is 0 Å². The zero-order valence-electron chi connectivity index (χ0n) is 22.7. The molecule has 3 atom stereocenters. The van der Waals surface area contributed by atoms with E-state index in [9.17, 15) is 19.2 Å². The van der Waals surface area contributed by atoms with Gasteiger partial charge in [-0.25, -0.2) is 14.4 Å². The molecule has 210 valence electrons. The van der Waals surface area contributed by atoms with Crippen molar-refractivity contribution in [2.24, 2.45) is 5.92 Å². The number of amides is 5. The van der Waals surface area contributed by atoms with E-state index in [4.69, 9.17) is 16.3 Å². The van der Waals surface area contributed by atoms with Crippen LogP contribution in [0.4, 0.5) is 21.0 Å². The van der Waals surface area contributed by atoms with Crippen LogP contribution >= 0.6 is 11.6 Å². The molecule has 1 aliphatic rings. The Bertz CT molecular complexity index is 1160. The molecule has 10 nitrogen and oxygen atoms in total. The Labute approximate surface area is 234 Å². The fourth-order valence-electron chi connectivity index (χ4n) is 4.28. The van der Waals surface area contributed by atoms with Gasteiger partial charge in [0.2, 0.25) is 5.91 Å². The summed E-state index contributed by atoms with van der Waals surface area (Å²) in [7, 11) is 0. The van der Waals surface area contributed by atoms with E-state index < -0.39 is 18.0 Å². The number of nitrogens with one attached hydrogen (secondary N) is 3. The average Bonchev–Trinajstić information content (AvgIpc) is 2.92. The summed E-state index contributed by atoms with van der Waals surface area (Å²) in [5, 5.41) is 8.99. The second-order valence-electron chi connectivity index (χ2n) is 9.52. The topological polar surface area (TPSA) is 120 Å². The lowest BCUT2D eigenvalue weighted by Gasteiger charge is -2.41. The van der Waals surface area contributed by atoms with Crippen LogP contribution in [0.25, 0.3) is 0 Å². The molecule has 39 heavy (non-hydrogen) atoms. The summed E-state index contributed by atoms with van der Waals surface area (Å²) in [6.07, 6.45) is 0.684.